The Kier molecular flexibility index (Phi) is 6.52. The van der Waals surface area contributed by atoms with E-state index in [-0.39, 0.29) is 13.0 Å². The van der Waals surface area contributed by atoms with Crippen molar-refractivity contribution in [2.75, 3.05) is 13.2 Å². The monoisotopic (exact) mass is 225 g/mol. The molecule has 0 aliphatic heterocycles. The van der Waals surface area contributed by atoms with Gasteiger partial charge in [0.15, 0.2) is 0 Å². The Hall–Kier alpha value is -1.24. The summed E-state index contributed by atoms with van der Waals surface area (Å²) < 4.78 is 27.6. The maximum atomic E-state index is 11.6. The molecule has 7 heteroatoms. The molecule has 1 amide bonds. The number of amides is 1. The van der Waals surface area contributed by atoms with Crippen molar-refractivity contribution in [3.8, 4) is 0 Å². The summed E-state index contributed by atoms with van der Waals surface area (Å²) >= 11 is 0. The Morgan fingerprint density at radius 1 is 1.47 bits per heavy atom. The number of aliphatic carboxylic acids is 1. The lowest BCUT2D eigenvalue weighted by molar-refractivity contribution is -0.141. The molecule has 0 radical (unpaired) electrons. The fraction of sp³-hybridized carbons (Fsp3) is 0.750. The number of ether oxygens (including phenoxy) is 1. The van der Waals surface area contributed by atoms with Crippen LogP contribution < -0.4 is 5.32 Å². The van der Waals surface area contributed by atoms with Gasteiger partial charge in [-0.25, -0.2) is 8.78 Å². The van der Waals surface area contributed by atoms with Gasteiger partial charge in [0, 0.05) is 6.42 Å². The fourth-order valence-corrected chi connectivity index (χ4v) is 0.713. The number of nitrogens with one attached hydrogen (secondary N) is 1. The van der Waals surface area contributed by atoms with Crippen molar-refractivity contribution in [3.05, 3.63) is 0 Å². The third-order valence-corrected chi connectivity index (χ3v) is 1.47. The van der Waals surface area contributed by atoms with Crippen molar-refractivity contribution in [2.24, 2.45) is 0 Å². The van der Waals surface area contributed by atoms with Gasteiger partial charge in [-0.05, 0) is 6.92 Å². The molecular weight excluding hydrogens is 212 g/mol. The number of carboxylic acid groups (broad SMARTS) is 1. The Labute approximate surface area is 85.4 Å². The second-order valence-corrected chi connectivity index (χ2v) is 2.84. The van der Waals surface area contributed by atoms with Crippen LogP contribution in [0.1, 0.15) is 13.3 Å². The number of carbonyl (C=O) groups excluding carboxylic acids is 1. The predicted molar refractivity (Wildman–Crippen MR) is 46.7 cm³/mol. The van der Waals surface area contributed by atoms with Crippen LogP contribution in [0, 0.1) is 0 Å². The van der Waals surface area contributed by atoms with Crippen LogP contribution in [0.15, 0.2) is 0 Å². The molecule has 0 fully saturated rings. The van der Waals surface area contributed by atoms with Gasteiger partial charge < -0.3 is 15.2 Å². The molecule has 0 aromatic rings. The van der Waals surface area contributed by atoms with Gasteiger partial charge in [-0.15, -0.1) is 0 Å². The van der Waals surface area contributed by atoms with E-state index in [0.29, 0.717) is 0 Å². The summed E-state index contributed by atoms with van der Waals surface area (Å²) in [5, 5.41) is 10.6. The van der Waals surface area contributed by atoms with Crippen LogP contribution in [-0.4, -0.2) is 42.7 Å². The van der Waals surface area contributed by atoms with E-state index in [1.807, 2.05) is 0 Å². The second kappa shape index (κ2) is 7.10. The topological polar surface area (TPSA) is 75.6 Å². The lowest BCUT2D eigenvalue weighted by Gasteiger charge is -2.09. The van der Waals surface area contributed by atoms with E-state index >= 15 is 0 Å². The minimum absolute atomic E-state index is 0.135. The van der Waals surface area contributed by atoms with Crippen LogP contribution in [0.3, 0.4) is 0 Å². The highest BCUT2D eigenvalue weighted by atomic mass is 19.3. The van der Waals surface area contributed by atoms with Crippen LogP contribution in [0.5, 0.6) is 0 Å². The highest BCUT2D eigenvalue weighted by Gasteiger charge is 2.13. The van der Waals surface area contributed by atoms with Gasteiger partial charge in [0.05, 0.1) is 6.61 Å². The maximum absolute atomic E-state index is 11.6. The van der Waals surface area contributed by atoms with Crippen LogP contribution in [-0.2, 0) is 14.3 Å². The molecule has 1 unspecified atom stereocenters. The van der Waals surface area contributed by atoms with E-state index in [1.165, 1.54) is 6.92 Å². The summed E-state index contributed by atoms with van der Waals surface area (Å²) in [6.45, 7) is 0.435. The largest absolute Gasteiger partial charge is 0.480 e. The van der Waals surface area contributed by atoms with Crippen LogP contribution in [0.25, 0.3) is 0 Å². The molecule has 0 aromatic heterocycles. The van der Waals surface area contributed by atoms with Gasteiger partial charge in [0.25, 0.3) is 6.43 Å². The van der Waals surface area contributed by atoms with Crippen molar-refractivity contribution in [1.29, 1.82) is 0 Å². The predicted octanol–water partition coefficient (Wildman–Crippen LogP) is 0.248. The molecule has 2 N–H and O–H groups in total. The molecule has 0 spiro atoms. The molecule has 0 aliphatic rings. The third kappa shape index (κ3) is 7.80. The molecular formula is C8H13F2NO4. The van der Waals surface area contributed by atoms with Crippen molar-refractivity contribution in [3.63, 3.8) is 0 Å². The number of carboxylic acids is 1. The average molecular weight is 225 g/mol. The van der Waals surface area contributed by atoms with E-state index in [4.69, 9.17) is 5.11 Å². The molecule has 15 heavy (non-hydrogen) atoms. The van der Waals surface area contributed by atoms with E-state index in [9.17, 15) is 18.4 Å². The minimum atomic E-state index is -2.56. The lowest BCUT2D eigenvalue weighted by Crippen LogP contribution is -2.38. The zero-order valence-corrected chi connectivity index (χ0v) is 8.20. The standard InChI is InChI=1S/C8H13F2NO4/c1-5(8(13)14)11-7(12)2-3-15-4-6(9)10/h5-6H,2-4H2,1H3,(H,11,12)(H,13,14). The number of rotatable bonds is 7. The maximum Gasteiger partial charge on any atom is 0.325 e. The molecule has 0 bridgehead atoms. The van der Waals surface area contributed by atoms with Gasteiger partial charge in [-0.1, -0.05) is 0 Å². The van der Waals surface area contributed by atoms with Crippen LogP contribution in [0.2, 0.25) is 0 Å². The summed E-state index contributed by atoms with van der Waals surface area (Å²) in [6, 6.07) is -0.993. The summed E-state index contributed by atoms with van der Waals surface area (Å²) in [5.41, 5.74) is 0. The van der Waals surface area contributed by atoms with E-state index in [2.05, 4.69) is 10.1 Å². The third-order valence-electron chi connectivity index (χ3n) is 1.47. The molecule has 0 saturated heterocycles. The first-order chi connectivity index (χ1) is 6.93. The first-order valence-corrected chi connectivity index (χ1v) is 4.31. The number of alkyl halides is 2. The average Bonchev–Trinajstić information content (AvgIpc) is 2.12. The molecule has 5 nitrogen and oxygen atoms in total. The molecule has 88 valence electrons. The van der Waals surface area contributed by atoms with Crippen molar-refractivity contribution in [1.82, 2.24) is 5.32 Å². The molecule has 0 aliphatic carbocycles. The number of halogens is 2. The first kappa shape index (κ1) is 13.8. The molecule has 1 atom stereocenters. The zero-order chi connectivity index (χ0) is 11.8. The van der Waals surface area contributed by atoms with Gasteiger partial charge in [0.2, 0.25) is 5.91 Å². The Bertz CT molecular complexity index is 223. The first-order valence-electron chi connectivity index (χ1n) is 4.31. The fourth-order valence-electron chi connectivity index (χ4n) is 0.713. The van der Waals surface area contributed by atoms with Crippen LogP contribution in [0.4, 0.5) is 8.78 Å². The molecule has 0 saturated carbocycles. The molecule has 0 aromatic carbocycles. The van der Waals surface area contributed by atoms with Crippen molar-refractivity contribution in [2.45, 2.75) is 25.8 Å². The quantitative estimate of drug-likeness (QED) is 0.609. The zero-order valence-electron chi connectivity index (χ0n) is 8.20. The summed E-state index contributed by atoms with van der Waals surface area (Å²) in [6.07, 6.45) is -2.70. The minimum Gasteiger partial charge on any atom is -0.480 e. The van der Waals surface area contributed by atoms with Gasteiger partial charge in [-0.3, -0.25) is 9.59 Å². The van der Waals surface area contributed by atoms with Gasteiger partial charge in [-0.2, -0.15) is 0 Å². The normalized spacial score (nSPS) is 12.5. The number of hydrogen-bond acceptors (Lipinski definition) is 3. The molecule has 0 rings (SSSR count). The highest BCUT2D eigenvalue weighted by molar-refractivity contribution is 5.83. The van der Waals surface area contributed by atoms with Crippen molar-refractivity contribution < 1.29 is 28.2 Å². The van der Waals surface area contributed by atoms with E-state index in [0.717, 1.165) is 0 Å². The number of hydrogen-bond donors (Lipinski definition) is 2. The Morgan fingerprint density at radius 3 is 2.53 bits per heavy atom. The molecule has 0 heterocycles. The summed E-state index contributed by atoms with van der Waals surface area (Å²) in [4.78, 5) is 21.3. The van der Waals surface area contributed by atoms with E-state index in [1.54, 1.807) is 0 Å². The van der Waals surface area contributed by atoms with Gasteiger partial charge >= 0.3 is 5.97 Å². The summed E-state index contributed by atoms with van der Waals surface area (Å²) in [5.74, 6) is -1.70. The van der Waals surface area contributed by atoms with Gasteiger partial charge in [0.1, 0.15) is 12.6 Å². The van der Waals surface area contributed by atoms with E-state index < -0.39 is 31.0 Å². The Balaban J connectivity index is 3.54. The second-order valence-electron chi connectivity index (χ2n) is 2.84. The smallest absolute Gasteiger partial charge is 0.325 e. The van der Waals surface area contributed by atoms with Crippen molar-refractivity contribution >= 4 is 11.9 Å². The summed E-state index contributed by atoms with van der Waals surface area (Å²) in [7, 11) is 0. The number of carbonyl (C=O) groups is 2. The SMILES string of the molecule is CC(NC(=O)CCOCC(F)F)C(=O)O. The van der Waals surface area contributed by atoms with Crippen LogP contribution >= 0.6 is 0 Å². The Morgan fingerprint density at radius 2 is 2.07 bits per heavy atom. The highest BCUT2D eigenvalue weighted by Crippen LogP contribution is 1.94. The lowest BCUT2D eigenvalue weighted by atomic mass is 10.3.